The Labute approximate surface area is 128 Å². The van der Waals surface area contributed by atoms with Gasteiger partial charge in [0, 0.05) is 6.54 Å². The first-order valence-corrected chi connectivity index (χ1v) is 7.61. The number of carbonyl (C=O) groups excluding carboxylic acids is 1. The molecule has 0 bridgehead atoms. The smallest absolute Gasteiger partial charge is 0.258 e. The lowest BCUT2D eigenvalue weighted by atomic mass is 10.1. The molecule has 0 spiro atoms. The Bertz CT molecular complexity index is 536. The lowest BCUT2D eigenvalue weighted by molar-refractivity contribution is -0.0373. The average Bonchev–Trinajstić information content (AvgIpc) is 2.54. The fourth-order valence-corrected chi connectivity index (χ4v) is 2.78. The molecule has 2 heterocycles. The highest BCUT2D eigenvalue weighted by atomic mass is 35.5. The quantitative estimate of drug-likeness (QED) is 0.783. The third kappa shape index (κ3) is 2.80. The van der Waals surface area contributed by atoms with Crippen molar-refractivity contribution in [1.29, 1.82) is 0 Å². The molecule has 6 heteroatoms. The number of morpholine rings is 1. The maximum atomic E-state index is 12.8. The minimum Gasteiger partial charge on any atom is -0.486 e. The molecule has 114 valence electrons. The van der Waals surface area contributed by atoms with Crippen LogP contribution in [0.1, 0.15) is 17.3 Å². The fraction of sp³-hybridized carbons (Fsp3) is 0.533. The second-order valence-electron chi connectivity index (χ2n) is 5.25. The molecule has 2 aliphatic rings. The molecule has 1 amide bonds. The van der Waals surface area contributed by atoms with Gasteiger partial charge in [0.25, 0.3) is 5.91 Å². The summed E-state index contributed by atoms with van der Waals surface area (Å²) in [4.78, 5) is 14.6. The molecule has 5 nitrogen and oxygen atoms in total. The zero-order valence-corrected chi connectivity index (χ0v) is 12.6. The van der Waals surface area contributed by atoms with E-state index in [1.165, 1.54) is 0 Å². The van der Waals surface area contributed by atoms with Crippen LogP contribution in [0.25, 0.3) is 0 Å². The van der Waals surface area contributed by atoms with Gasteiger partial charge in [-0.3, -0.25) is 4.79 Å². The normalized spacial score (nSPS) is 24.8. The summed E-state index contributed by atoms with van der Waals surface area (Å²) in [6.45, 7) is 3.92. The second-order valence-corrected chi connectivity index (χ2v) is 5.55. The van der Waals surface area contributed by atoms with Crippen molar-refractivity contribution >= 4 is 17.5 Å². The van der Waals surface area contributed by atoms with E-state index in [4.69, 9.17) is 25.8 Å². The van der Waals surface area contributed by atoms with Crippen LogP contribution in [-0.2, 0) is 4.74 Å². The minimum absolute atomic E-state index is 0.0114. The first-order chi connectivity index (χ1) is 10.2. The molecule has 2 aliphatic heterocycles. The van der Waals surface area contributed by atoms with Crippen LogP contribution in [0.15, 0.2) is 18.2 Å². The van der Waals surface area contributed by atoms with Crippen LogP contribution in [-0.4, -0.2) is 55.2 Å². The lowest BCUT2D eigenvalue weighted by Crippen LogP contribution is -2.51. The molecule has 21 heavy (non-hydrogen) atoms. The molecule has 1 fully saturated rings. The van der Waals surface area contributed by atoms with Gasteiger partial charge < -0.3 is 19.1 Å². The maximum absolute atomic E-state index is 12.8. The van der Waals surface area contributed by atoms with Crippen LogP contribution in [0.4, 0.5) is 0 Å². The molecule has 1 saturated heterocycles. The van der Waals surface area contributed by atoms with E-state index in [-0.39, 0.29) is 18.1 Å². The molecular weight excluding hydrogens is 294 g/mol. The Hall–Kier alpha value is -1.46. The number of para-hydroxylation sites is 1. The van der Waals surface area contributed by atoms with Crippen molar-refractivity contribution in [2.45, 2.75) is 19.1 Å². The summed E-state index contributed by atoms with van der Waals surface area (Å²) in [5.41, 5.74) is 0.536. The number of halogens is 1. The Morgan fingerprint density at radius 3 is 3.00 bits per heavy atom. The van der Waals surface area contributed by atoms with Gasteiger partial charge >= 0.3 is 0 Å². The number of alkyl halides is 1. The number of amides is 1. The van der Waals surface area contributed by atoms with Crippen molar-refractivity contribution in [2.75, 3.05) is 32.2 Å². The summed E-state index contributed by atoms with van der Waals surface area (Å²) in [5.74, 6) is 1.48. The Morgan fingerprint density at radius 1 is 1.38 bits per heavy atom. The van der Waals surface area contributed by atoms with E-state index in [2.05, 4.69) is 0 Å². The highest BCUT2D eigenvalue weighted by Gasteiger charge is 2.32. The maximum Gasteiger partial charge on any atom is 0.258 e. The summed E-state index contributed by atoms with van der Waals surface area (Å²) in [6, 6.07) is 5.41. The third-order valence-corrected chi connectivity index (χ3v) is 4.08. The topological polar surface area (TPSA) is 48.0 Å². The Balaban J connectivity index is 1.87. The van der Waals surface area contributed by atoms with Gasteiger partial charge in [-0.15, -0.1) is 11.6 Å². The summed E-state index contributed by atoms with van der Waals surface area (Å²) < 4.78 is 16.7. The fourth-order valence-electron chi connectivity index (χ4n) is 2.59. The van der Waals surface area contributed by atoms with Crippen LogP contribution in [0, 0.1) is 0 Å². The van der Waals surface area contributed by atoms with E-state index in [1.54, 1.807) is 11.0 Å². The number of rotatable bonds is 2. The molecule has 2 unspecified atom stereocenters. The minimum atomic E-state index is -0.122. The first-order valence-electron chi connectivity index (χ1n) is 7.08. The molecule has 0 aromatic heterocycles. The standard InChI is InChI=1S/C15H18ClNO4/c1-10-9-21-11(7-16)8-17(10)15(18)12-3-2-4-13-14(12)20-6-5-19-13/h2-4,10-11H,5-9H2,1H3. The zero-order valence-electron chi connectivity index (χ0n) is 11.9. The molecule has 0 saturated carbocycles. The number of nitrogens with zero attached hydrogens (tertiary/aromatic N) is 1. The predicted molar refractivity (Wildman–Crippen MR) is 78.4 cm³/mol. The van der Waals surface area contributed by atoms with Gasteiger partial charge in [0.15, 0.2) is 11.5 Å². The van der Waals surface area contributed by atoms with Crippen LogP contribution in [0.5, 0.6) is 11.5 Å². The van der Waals surface area contributed by atoms with Gasteiger partial charge in [0.05, 0.1) is 30.2 Å². The SMILES string of the molecule is CC1COC(CCl)CN1C(=O)c1cccc2c1OCCO2. The van der Waals surface area contributed by atoms with Crippen molar-refractivity contribution in [3.8, 4) is 11.5 Å². The average molecular weight is 312 g/mol. The van der Waals surface area contributed by atoms with Gasteiger partial charge in [0.1, 0.15) is 13.2 Å². The summed E-state index contributed by atoms with van der Waals surface area (Å²) in [6.07, 6.45) is -0.122. The number of fused-ring (bicyclic) bond motifs is 1. The number of hydrogen-bond acceptors (Lipinski definition) is 4. The molecule has 0 N–H and O–H groups in total. The van der Waals surface area contributed by atoms with E-state index < -0.39 is 0 Å². The zero-order chi connectivity index (χ0) is 14.8. The second kappa shape index (κ2) is 6.12. The van der Waals surface area contributed by atoms with Crippen LogP contribution in [0.2, 0.25) is 0 Å². The van der Waals surface area contributed by atoms with E-state index in [9.17, 15) is 4.79 Å². The molecule has 0 aliphatic carbocycles. The number of carbonyl (C=O) groups is 1. The van der Waals surface area contributed by atoms with E-state index >= 15 is 0 Å². The van der Waals surface area contributed by atoms with Gasteiger partial charge in [-0.2, -0.15) is 0 Å². The van der Waals surface area contributed by atoms with Crippen molar-refractivity contribution < 1.29 is 19.0 Å². The monoisotopic (exact) mass is 311 g/mol. The Kier molecular flexibility index (Phi) is 4.22. The number of ether oxygens (including phenoxy) is 3. The highest BCUT2D eigenvalue weighted by Crippen LogP contribution is 2.34. The summed E-state index contributed by atoms with van der Waals surface area (Å²) in [5, 5.41) is 0. The molecule has 0 radical (unpaired) electrons. The predicted octanol–water partition coefficient (Wildman–Crippen LogP) is 1.93. The van der Waals surface area contributed by atoms with Gasteiger partial charge in [-0.05, 0) is 19.1 Å². The molecular formula is C15H18ClNO4. The largest absolute Gasteiger partial charge is 0.486 e. The number of benzene rings is 1. The van der Waals surface area contributed by atoms with Crippen molar-refractivity contribution in [1.82, 2.24) is 4.90 Å². The molecule has 2 atom stereocenters. The number of hydrogen-bond donors (Lipinski definition) is 0. The van der Waals surface area contributed by atoms with Crippen molar-refractivity contribution in [3.05, 3.63) is 23.8 Å². The Morgan fingerprint density at radius 2 is 2.19 bits per heavy atom. The van der Waals surface area contributed by atoms with Crippen molar-refractivity contribution in [2.24, 2.45) is 0 Å². The van der Waals surface area contributed by atoms with E-state index in [0.29, 0.717) is 49.3 Å². The van der Waals surface area contributed by atoms with Crippen molar-refractivity contribution in [3.63, 3.8) is 0 Å². The van der Waals surface area contributed by atoms with E-state index in [0.717, 1.165) is 0 Å². The van der Waals surface area contributed by atoms with Crippen LogP contribution < -0.4 is 9.47 Å². The van der Waals surface area contributed by atoms with Gasteiger partial charge in [-0.25, -0.2) is 0 Å². The summed E-state index contributed by atoms with van der Waals surface area (Å²) in [7, 11) is 0. The molecule has 1 aromatic carbocycles. The summed E-state index contributed by atoms with van der Waals surface area (Å²) >= 11 is 5.85. The third-order valence-electron chi connectivity index (χ3n) is 3.74. The highest BCUT2D eigenvalue weighted by molar-refractivity contribution is 6.18. The van der Waals surface area contributed by atoms with E-state index in [1.807, 2.05) is 19.1 Å². The lowest BCUT2D eigenvalue weighted by Gasteiger charge is -2.37. The van der Waals surface area contributed by atoms with Gasteiger partial charge in [0.2, 0.25) is 0 Å². The van der Waals surface area contributed by atoms with Crippen LogP contribution in [0.3, 0.4) is 0 Å². The molecule has 1 aromatic rings. The molecule has 3 rings (SSSR count). The van der Waals surface area contributed by atoms with Crippen LogP contribution >= 0.6 is 11.6 Å². The van der Waals surface area contributed by atoms with Gasteiger partial charge in [-0.1, -0.05) is 6.07 Å². The first kappa shape index (κ1) is 14.5.